The van der Waals surface area contributed by atoms with Crippen LogP contribution in [0.15, 0.2) is 182 Å². The Morgan fingerprint density at radius 2 is 1.02 bits per heavy atom. The molecule has 0 saturated heterocycles. The average molecular weight is 768 g/mol. The lowest BCUT2D eigenvalue weighted by molar-refractivity contribution is 0.521. The summed E-state index contributed by atoms with van der Waals surface area (Å²) >= 11 is 0. The summed E-state index contributed by atoms with van der Waals surface area (Å²) in [5.74, 6) is 0.272. The summed E-state index contributed by atoms with van der Waals surface area (Å²) < 4.78 is 0. The quantitative estimate of drug-likeness (QED) is 0.170. The Morgan fingerprint density at radius 3 is 1.70 bits per heavy atom. The smallest absolute Gasteiger partial charge is 0.193 e. The second kappa shape index (κ2) is 12.8. The molecule has 0 spiro atoms. The van der Waals surface area contributed by atoms with Crippen LogP contribution < -0.4 is 21.1 Å². The first-order chi connectivity index (χ1) is 29.3. The molecule has 0 aromatic heterocycles. The third-order valence-electron chi connectivity index (χ3n) is 13.9. The van der Waals surface area contributed by atoms with E-state index in [0.29, 0.717) is 0 Å². The van der Waals surface area contributed by atoms with E-state index in [1.54, 1.807) is 0 Å². The number of hydrogen-bond donors (Lipinski definition) is 1. The van der Waals surface area contributed by atoms with Gasteiger partial charge in [-0.1, -0.05) is 160 Å². The Bertz CT molecular complexity index is 3050. The molecule has 0 bridgehead atoms. The zero-order valence-electron chi connectivity index (χ0n) is 34.4. The summed E-state index contributed by atoms with van der Waals surface area (Å²) in [6, 6.07) is 67.4. The molecule has 1 atom stereocenters. The van der Waals surface area contributed by atoms with Gasteiger partial charge >= 0.3 is 0 Å². The molecular weight excluding hydrogens is 723 g/mol. The summed E-state index contributed by atoms with van der Waals surface area (Å²) in [5.41, 5.74) is 25.4. The minimum atomic E-state index is -0.219. The number of hydrogen-bond acceptors (Lipinski definition) is 2. The van der Waals surface area contributed by atoms with E-state index in [1.165, 1.54) is 83.3 Å². The zero-order valence-corrected chi connectivity index (χ0v) is 34.4. The van der Waals surface area contributed by atoms with Crippen LogP contribution in [0.5, 0.6) is 0 Å². The second-order valence-corrected chi connectivity index (χ2v) is 18.0. The van der Waals surface area contributed by atoms with Gasteiger partial charge in [0.15, 0.2) is 7.28 Å². The second-order valence-electron chi connectivity index (χ2n) is 18.0. The number of anilines is 5. The van der Waals surface area contributed by atoms with E-state index < -0.39 is 0 Å². The molecule has 0 amide bonds. The van der Waals surface area contributed by atoms with Gasteiger partial charge in [-0.2, -0.15) is 0 Å². The van der Waals surface area contributed by atoms with E-state index in [4.69, 9.17) is 0 Å². The van der Waals surface area contributed by atoms with Gasteiger partial charge in [0.1, 0.15) is 0 Å². The van der Waals surface area contributed by atoms with Gasteiger partial charge in [-0.05, 0) is 127 Å². The highest BCUT2D eigenvalue weighted by atomic mass is 15.1. The molecule has 8 aromatic carbocycles. The number of allylic oxidation sites excluding steroid dienone is 2. The number of nitrogens with zero attached hydrogens (tertiary/aromatic N) is 1. The van der Waals surface area contributed by atoms with Crippen LogP contribution in [-0.2, 0) is 10.8 Å². The Kier molecular flexibility index (Phi) is 7.51. The van der Waals surface area contributed by atoms with Crippen LogP contribution in [0, 0.1) is 0 Å². The first-order valence-corrected chi connectivity index (χ1v) is 21.3. The molecule has 1 heterocycles. The van der Waals surface area contributed by atoms with E-state index in [0.717, 1.165) is 28.4 Å². The molecule has 2 nitrogen and oxygen atoms in total. The zero-order chi connectivity index (χ0) is 40.3. The van der Waals surface area contributed by atoms with E-state index in [9.17, 15) is 0 Å². The van der Waals surface area contributed by atoms with Gasteiger partial charge in [-0.15, -0.1) is 0 Å². The van der Waals surface area contributed by atoms with E-state index in [2.05, 4.69) is 227 Å². The standard InChI is InChI=1S/C57H44BN2/c1-56(2)45-28-16-17-29-46(45)57(3,4)48-34-50(59-35-19-8-5-9-20-35)42(33-47(48)56)43-31-38(60(36-21-10-6-11-22-36)37-23-12-7-13-24-37)32-44-53-52-41-26-15-14-25-39(41)40-27-18-30-49(58-55(43)44)51(40)54(52)53/h5-34,52,59H,1-4H3. The molecular formula is C57H44BN2. The minimum Gasteiger partial charge on any atom is -0.355 e. The SMILES string of the molecule is CC1(C)c2ccccc2C(C)(C)c2cc(-c3cc(N(c4ccccc4)c4ccccc4)cc4c3[B]c3cccc5c3C3=C4C3c3ccccc3-5)c(Nc3ccccc3)cc21. The van der Waals surface area contributed by atoms with Crippen molar-refractivity contribution >= 4 is 57.8 Å². The molecule has 60 heavy (non-hydrogen) atoms. The number of benzene rings is 8. The van der Waals surface area contributed by atoms with E-state index >= 15 is 0 Å². The molecule has 1 N–H and O–H groups in total. The number of rotatable bonds is 6. The average Bonchev–Trinajstić information content (AvgIpc) is 4.05. The summed E-state index contributed by atoms with van der Waals surface area (Å²) in [5, 5.41) is 3.99. The van der Waals surface area contributed by atoms with Crippen LogP contribution in [0.4, 0.5) is 28.4 Å². The molecule has 1 unspecified atom stereocenters. The van der Waals surface area contributed by atoms with Crippen LogP contribution in [0.2, 0.25) is 0 Å². The van der Waals surface area contributed by atoms with Crippen molar-refractivity contribution < 1.29 is 0 Å². The maximum Gasteiger partial charge on any atom is 0.193 e. The van der Waals surface area contributed by atoms with E-state index in [1.807, 2.05) is 0 Å². The Balaban J connectivity index is 1.18. The molecule has 0 saturated carbocycles. The normalized spacial score (nSPS) is 16.5. The topological polar surface area (TPSA) is 15.3 Å². The number of fused-ring (bicyclic) bond motifs is 8. The monoisotopic (exact) mass is 767 g/mol. The molecule has 8 aromatic rings. The highest BCUT2D eigenvalue weighted by molar-refractivity contribution is 6.72. The lowest BCUT2D eigenvalue weighted by atomic mass is 9.56. The lowest BCUT2D eigenvalue weighted by Crippen LogP contribution is -2.37. The molecule has 12 rings (SSSR count). The molecule has 3 heteroatoms. The van der Waals surface area contributed by atoms with Crippen LogP contribution in [0.3, 0.4) is 0 Å². The highest BCUT2D eigenvalue weighted by Crippen LogP contribution is 2.65. The van der Waals surface area contributed by atoms with Gasteiger partial charge in [0, 0.05) is 50.7 Å². The van der Waals surface area contributed by atoms with Crippen molar-refractivity contribution in [1.29, 1.82) is 0 Å². The first kappa shape index (κ1) is 35.1. The van der Waals surface area contributed by atoms with Crippen molar-refractivity contribution in [3.05, 3.63) is 221 Å². The predicted molar refractivity (Wildman–Crippen MR) is 253 cm³/mol. The summed E-state index contributed by atoms with van der Waals surface area (Å²) in [7, 11) is 2.50. The highest BCUT2D eigenvalue weighted by Gasteiger charge is 2.49. The van der Waals surface area contributed by atoms with Crippen molar-refractivity contribution in [1.82, 2.24) is 0 Å². The van der Waals surface area contributed by atoms with Crippen LogP contribution in [0.1, 0.15) is 72.6 Å². The van der Waals surface area contributed by atoms with Crippen LogP contribution in [0.25, 0.3) is 33.4 Å². The fraction of sp³-hybridized carbons (Fsp3) is 0.123. The van der Waals surface area contributed by atoms with Crippen molar-refractivity contribution in [3.63, 3.8) is 0 Å². The third-order valence-corrected chi connectivity index (χ3v) is 13.9. The largest absolute Gasteiger partial charge is 0.355 e. The molecule has 0 fully saturated rings. The fourth-order valence-corrected chi connectivity index (χ4v) is 10.9. The fourth-order valence-electron chi connectivity index (χ4n) is 10.9. The van der Waals surface area contributed by atoms with Gasteiger partial charge in [0.2, 0.25) is 0 Å². The third kappa shape index (κ3) is 5.08. The molecule has 1 aliphatic heterocycles. The van der Waals surface area contributed by atoms with E-state index in [-0.39, 0.29) is 16.7 Å². The van der Waals surface area contributed by atoms with Crippen molar-refractivity contribution in [2.45, 2.75) is 44.4 Å². The van der Waals surface area contributed by atoms with Gasteiger partial charge in [-0.25, -0.2) is 0 Å². The van der Waals surface area contributed by atoms with Crippen molar-refractivity contribution in [2.24, 2.45) is 0 Å². The molecule has 285 valence electrons. The molecule has 3 aliphatic carbocycles. The Labute approximate surface area is 354 Å². The van der Waals surface area contributed by atoms with Crippen molar-refractivity contribution in [2.75, 3.05) is 10.2 Å². The number of nitrogens with one attached hydrogen (secondary N) is 1. The predicted octanol–water partition coefficient (Wildman–Crippen LogP) is 13.2. The first-order valence-electron chi connectivity index (χ1n) is 21.3. The number of para-hydroxylation sites is 3. The Hall–Kier alpha value is -6.84. The van der Waals surface area contributed by atoms with Gasteiger partial charge in [-0.3, -0.25) is 0 Å². The van der Waals surface area contributed by atoms with Crippen LogP contribution in [-0.4, -0.2) is 7.28 Å². The summed E-state index contributed by atoms with van der Waals surface area (Å²) in [6.45, 7) is 9.62. The molecule has 4 aliphatic rings. The minimum absolute atomic E-state index is 0.198. The Morgan fingerprint density at radius 1 is 0.450 bits per heavy atom. The summed E-state index contributed by atoms with van der Waals surface area (Å²) in [6.07, 6.45) is 0. The molecule has 1 radical (unpaired) electrons. The lowest BCUT2D eigenvalue weighted by Gasteiger charge is -2.44. The summed E-state index contributed by atoms with van der Waals surface area (Å²) in [4.78, 5) is 2.43. The van der Waals surface area contributed by atoms with Gasteiger partial charge in [0.25, 0.3) is 0 Å². The maximum atomic E-state index is 3.99. The van der Waals surface area contributed by atoms with Gasteiger partial charge < -0.3 is 10.2 Å². The van der Waals surface area contributed by atoms with Gasteiger partial charge in [0.05, 0.1) is 0 Å². The maximum absolute atomic E-state index is 3.99. The van der Waals surface area contributed by atoms with Crippen molar-refractivity contribution in [3.8, 4) is 22.3 Å². The van der Waals surface area contributed by atoms with Crippen LogP contribution >= 0.6 is 0 Å².